The molecule has 0 atom stereocenters. The molecule has 2 aromatic rings. The van der Waals surface area contributed by atoms with Crippen LogP contribution >= 0.6 is 0 Å². The highest BCUT2D eigenvalue weighted by Gasteiger charge is 2.27. The molecule has 1 fully saturated rings. The van der Waals surface area contributed by atoms with Gasteiger partial charge >= 0.3 is 6.03 Å². The van der Waals surface area contributed by atoms with Crippen LogP contribution in [0.1, 0.15) is 17.7 Å². The van der Waals surface area contributed by atoms with Gasteiger partial charge in [-0.05, 0) is 11.6 Å². The van der Waals surface area contributed by atoms with E-state index >= 15 is 0 Å². The van der Waals surface area contributed by atoms with Crippen LogP contribution in [0.3, 0.4) is 0 Å². The number of nitrogens with one attached hydrogen (secondary N) is 2. The first-order chi connectivity index (χ1) is 11.1. The standard InChI is InChI=1S/C15H16N6O2/c1-20-13(21-5-4-12(22)19-15(21)23)8-17-14(20)10-3-2-9-6-16-7-11(9)18-10/h2-3,8,16H,4-7H2,1H3,(H,19,22,23). The lowest BCUT2D eigenvalue weighted by Crippen LogP contribution is -2.50. The number of urea groups is 1. The first kappa shape index (κ1) is 13.9. The number of carbonyl (C=O) groups is 2. The third-order valence-corrected chi connectivity index (χ3v) is 4.20. The number of imide groups is 1. The van der Waals surface area contributed by atoms with E-state index in [2.05, 4.69) is 26.7 Å². The van der Waals surface area contributed by atoms with Crippen LogP contribution in [0.4, 0.5) is 10.6 Å². The number of hydrogen-bond acceptors (Lipinski definition) is 5. The highest BCUT2D eigenvalue weighted by Crippen LogP contribution is 2.25. The van der Waals surface area contributed by atoms with E-state index in [0.29, 0.717) is 18.2 Å². The van der Waals surface area contributed by atoms with Gasteiger partial charge in [0.25, 0.3) is 0 Å². The van der Waals surface area contributed by atoms with Gasteiger partial charge in [-0.15, -0.1) is 0 Å². The summed E-state index contributed by atoms with van der Waals surface area (Å²) in [6, 6.07) is 3.58. The van der Waals surface area contributed by atoms with Crippen molar-refractivity contribution in [3.05, 3.63) is 29.6 Å². The number of amides is 3. The number of nitrogens with zero attached hydrogens (tertiary/aromatic N) is 4. The molecule has 0 bridgehead atoms. The molecule has 0 aromatic carbocycles. The Morgan fingerprint density at radius 1 is 1.22 bits per heavy atom. The lowest BCUT2D eigenvalue weighted by Gasteiger charge is -2.26. The lowest BCUT2D eigenvalue weighted by molar-refractivity contribution is -0.120. The molecular formula is C15H16N6O2. The second-order valence-corrected chi connectivity index (χ2v) is 5.66. The quantitative estimate of drug-likeness (QED) is 0.844. The third kappa shape index (κ3) is 2.27. The zero-order chi connectivity index (χ0) is 16.0. The van der Waals surface area contributed by atoms with E-state index in [1.165, 1.54) is 10.5 Å². The first-order valence-electron chi connectivity index (χ1n) is 7.46. The molecule has 1 saturated heterocycles. The van der Waals surface area contributed by atoms with Crippen LogP contribution in [0.15, 0.2) is 18.3 Å². The summed E-state index contributed by atoms with van der Waals surface area (Å²) in [5.41, 5.74) is 3.01. The lowest BCUT2D eigenvalue weighted by atomic mass is 10.2. The van der Waals surface area contributed by atoms with Crippen LogP contribution in [0, 0.1) is 0 Å². The highest BCUT2D eigenvalue weighted by molar-refractivity contribution is 6.05. The zero-order valence-electron chi connectivity index (χ0n) is 12.7. The minimum Gasteiger partial charge on any atom is -0.312 e. The maximum absolute atomic E-state index is 12.0. The van der Waals surface area contributed by atoms with E-state index in [0.717, 1.165) is 24.5 Å². The van der Waals surface area contributed by atoms with Crippen molar-refractivity contribution in [2.45, 2.75) is 19.5 Å². The van der Waals surface area contributed by atoms with Gasteiger partial charge in [-0.1, -0.05) is 6.07 Å². The van der Waals surface area contributed by atoms with Gasteiger partial charge in [-0.25, -0.2) is 14.8 Å². The van der Waals surface area contributed by atoms with E-state index < -0.39 is 6.03 Å². The molecular weight excluding hydrogens is 296 g/mol. The average molecular weight is 312 g/mol. The van der Waals surface area contributed by atoms with E-state index in [-0.39, 0.29) is 12.3 Å². The molecule has 0 saturated carbocycles. The Bertz CT molecular complexity index is 812. The van der Waals surface area contributed by atoms with Crippen LogP contribution in [0.25, 0.3) is 11.5 Å². The number of pyridine rings is 1. The van der Waals surface area contributed by atoms with Crippen molar-refractivity contribution in [1.82, 2.24) is 25.2 Å². The van der Waals surface area contributed by atoms with Crippen molar-refractivity contribution >= 4 is 17.8 Å². The molecule has 0 spiro atoms. The molecule has 2 N–H and O–H groups in total. The number of hydrogen-bond donors (Lipinski definition) is 2. The van der Waals surface area contributed by atoms with Crippen molar-refractivity contribution in [1.29, 1.82) is 0 Å². The van der Waals surface area contributed by atoms with Gasteiger partial charge < -0.3 is 9.88 Å². The average Bonchev–Trinajstić information content (AvgIpc) is 3.13. The number of fused-ring (bicyclic) bond motifs is 1. The smallest absolute Gasteiger partial charge is 0.312 e. The molecule has 0 aliphatic carbocycles. The van der Waals surface area contributed by atoms with E-state index in [1.807, 2.05) is 17.7 Å². The van der Waals surface area contributed by atoms with Crippen molar-refractivity contribution in [3.8, 4) is 11.5 Å². The Kier molecular flexibility index (Phi) is 3.12. The van der Waals surface area contributed by atoms with E-state index in [1.54, 1.807) is 6.20 Å². The van der Waals surface area contributed by atoms with Crippen molar-refractivity contribution < 1.29 is 9.59 Å². The van der Waals surface area contributed by atoms with Gasteiger partial charge in [0.2, 0.25) is 5.91 Å². The SMILES string of the molecule is Cn1c(N2CCC(=O)NC2=O)cnc1-c1ccc2c(n1)CNC2. The maximum Gasteiger partial charge on any atom is 0.329 e. The number of imidazole rings is 1. The Hall–Kier alpha value is -2.74. The topological polar surface area (TPSA) is 92.2 Å². The summed E-state index contributed by atoms with van der Waals surface area (Å²) >= 11 is 0. The fourth-order valence-corrected chi connectivity index (χ4v) is 2.96. The number of anilines is 1. The Balaban J connectivity index is 1.68. The molecule has 3 amide bonds. The van der Waals surface area contributed by atoms with Gasteiger partial charge in [-0.3, -0.25) is 15.0 Å². The van der Waals surface area contributed by atoms with E-state index in [9.17, 15) is 9.59 Å². The summed E-state index contributed by atoms with van der Waals surface area (Å²) in [6.07, 6.45) is 1.92. The normalized spacial score (nSPS) is 17.3. The predicted octanol–water partition coefficient (Wildman–Crippen LogP) is 0.532. The summed E-state index contributed by atoms with van der Waals surface area (Å²) in [5, 5.41) is 5.59. The summed E-state index contributed by atoms with van der Waals surface area (Å²) < 4.78 is 1.83. The largest absolute Gasteiger partial charge is 0.329 e. The summed E-state index contributed by atoms with van der Waals surface area (Å²) in [5.74, 6) is 1.09. The second kappa shape index (κ2) is 5.17. The Morgan fingerprint density at radius 2 is 2.09 bits per heavy atom. The summed E-state index contributed by atoms with van der Waals surface area (Å²) in [7, 11) is 1.84. The van der Waals surface area contributed by atoms with Crippen molar-refractivity contribution in [3.63, 3.8) is 0 Å². The van der Waals surface area contributed by atoms with Gasteiger partial charge in [0.15, 0.2) is 5.82 Å². The van der Waals surface area contributed by atoms with Gasteiger partial charge in [0.1, 0.15) is 11.5 Å². The fourth-order valence-electron chi connectivity index (χ4n) is 2.96. The molecule has 2 aromatic heterocycles. The molecule has 8 nitrogen and oxygen atoms in total. The predicted molar refractivity (Wildman–Crippen MR) is 82.5 cm³/mol. The minimum absolute atomic E-state index is 0.249. The Morgan fingerprint density at radius 3 is 2.91 bits per heavy atom. The first-order valence-corrected chi connectivity index (χ1v) is 7.46. The third-order valence-electron chi connectivity index (χ3n) is 4.20. The summed E-state index contributed by atoms with van der Waals surface area (Å²) in [6.45, 7) is 1.96. The van der Waals surface area contributed by atoms with Gasteiger partial charge in [0, 0.05) is 33.1 Å². The highest BCUT2D eigenvalue weighted by atomic mass is 16.2. The van der Waals surface area contributed by atoms with Crippen LogP contribution in [0.2, 0.25) is 0 Å². The van der Waals surface area contributed by atoms with E-state index in [4.69, 9.17) is 0 Å². The molecule has 23 heavy (non-hydrogen) atoms. The molecule has 4 rings (SSSR count). The van der Waals surface area contributed by atoms with Crippen molar-refractivity contribution in [2.24, 2.45) is 7.05 Å². The Labute approximate surface area is 132 Å². The van der Waals surface area contributed by atoms with Crippen molar-refractivity contribution in [2.75, 3.05) is 11.4 Å². The van der Waals surface area contributed by atoms with Gasteiger partial charge in [0.05, 0.1) is 11.9 Å². The monoisotopic (exact) mass is 312 g/mol. The molecule has 4 heterocycles. The molecule has 8 heteroatoms. The van der Waals surface area contributed by atoms with Crippen LogP contribution in [-0.2, 0) is 24.9 Å². The van der Waals surface area contributed by atoms with Crippen LogP contribution in [-0.4, -0.2) is 33.0 Å². The molecule has 2 aliphatic heterocycles. The fraction of sp³-hybridized carbons (Fsp3) is 0.333. The zero-order valence-corrected chi connectivity index (χ0v) is 12.7. The summed E-state index contributed by atoms with van der Waals surface area (Å²) in [4.78, 5) is 33.8. The minimum atomic E-state index is -0.415. The number of aromatic nitrogens is 3. The number of rotatable bonds is 2. The second-order valence-electron chi connectivity index (χ2n) is 5.66. The molecule has 118 valence electrons. The van der Waals surface area contributed by atoms with Crippen LogP contribution in [0.5, 0.6) is 0 Å². The molecule has 2 aliphatic rings. The number of carbonyl (C=O) groups excluding carboxylic acids is 2. The van der Waals surface area contributed by atoms with Crippen LogP contribution < -0.4 is 15.5 Å². The molecule has 0 radical (unpaired) electrons. The maximum atomic E-state index is 12.0. The van der Waals surface area contributed by atoms with Gasteiger partial charge in [-0.2, -0.15) is 0 Å². The molecule has 0 unspecified atom stereocenters.